The first-order valence-electron chi connectivity index (χ1n) is 2.97. The van der Waals surface area contributed by atoms with Gasteiger partial charge < -0.3 is 4.98 Å². The van der Waals surface area contributed by atoms with Gasteiger partial charge in [-0.1, -0.05) is 0 Å². The smallest absolute Gasteiger partial charge is 0.249 e. The minimum absolute atomic E-state index is 0.105. The summed E-state index contributed by atoms with van der Waals surface area (Å²) < 4.78 is 0. The van der Waals surface area contributed by atoms with E-state index in [1.165, 1.54) is 6.07 Å². The molecule has 0 saturated carbocycles. The lowest BCUT2D eigenvalue weighted by Crippen LogP contribution is -2.04. The maximum absolute atomic E-state index is 10.7. The lowest BCUT2D eigenvalue weighted by Gasteiger charge is -1.92. The van der Waals surface area contributed by atoms with Gasteiger partial charge >= 0.3 is 0 Å². The minimum atomic E-state index is -0.105. The summed E-state index contributed by atoms with van der Waals surface area (Å²) in [7, 11) is 0. The molecule has 1 N–H and O–H groups in total. The van der Waals surface area contributed by atoms with Gasteiger partial charge in [0.15, 0.2) is 0 Å². The van der Waals surface area contributed by atoms with E-state index in [0.717, 1.165) is 5.56 Å². The fourth-order valence-corrected chi connectivity index (χ4v) is 0.908. The van der Waals surface area contributed by atoms with Gasteiger partial charge in [0.25, 0.3) is 0 Å². The molecular weight excluding hydrogens is 128 g/mol. The van der Waals surface area contributed by atoms with Crippen LogP contribution in [0.25, 0.3) is 6.08 Å². The van der Waals surface area contributed by atoms with Crippen LogP contribution in [-0.2, 0) is 0 Å². The van der Waals surface area contributed by atoms with Crippen molar-refractivity contribution in [3.8, 4) is 0 Å². The Labute approximate surface area is 57.4 Å². The number of hydrogen-bond acceptors (Lipinski definition) is 1. The standard InChI is InChI=1S/C7H5N2O/c10-6-2-1-5-3-4-8-7(5)9-6/h1-4H,(H,9,10). The van der Waals surface area contributed by atoms with Crippen LogP contribution in [0.3, 0.4) is 0 Å². The molecule has 0 fully saturated rings. The van der Waals surface area contributed by atoms with Gasteiger partial charge in [0, 0.05) is 17.8 Å². The molecule has 2 rings (SSSR count). The van der Waals surface area contributed by atoms with Crippen LogP contribution in [0, 0.1) is 0 Å². The normalized spacial score (nSPS) is 12.8. The number of rotatable bonds is 0. The van der Waals surface area contributed by atoms with E-state index in [1.54, 1.807) is 12.3 Å². The van der Waals surface area contributed by atoms with E-state index in [0.29, 0.717) is 5.82 Å². The van der Waals surface area contributed by atoms with Crippen molar-refractivity contribution >= 4 is 11.9 Å². The zero-order valence-corrected chi connectivity index (χ0v) is 5.16. The Hall–Kier alpha value is -1.51. The maximum Gasteiger partial charge on any atom is 0.249 e. The third-order valence-electron chi connectivity index (χ3n) is 1.39. The first-order chi connectivity index (χ1) is 4.86. The Kier molecular flexibility index (Phi) is 0.917. The van der Waals surface area contributed by atoms with Crippen LogP contribution in [0.4, 0.5) is 5.82 Å². The van der Waals surface area contributed by atoms with E-state index in [9.17, 15) is 4.79 Å². The van der Waals surface area contributed by atoms with Crippen LogP contribution < -0.4 is 10.9 Å². The average Bonchev–Trinajstić information content (AvgIpc) is 2.33. The van der Waals surface area contributed by atoms with Crippen molar-refractivity contribution in [2.24, 2.45) is 0 Å². The monoisotopic (exact) mass is 133 g/mol. The molecule has 1 aromatic rings. The molecule has 0 amide bonds. The molecule has 0 aliphatic carbocycles. The highest BCUT2D eigenvalue weighted by Gasteiger charge is 2.04. The molecule has 1 aromatic heterocycles. The Balaban J connectivity index is 2.69. The largest absolute Gasteiger partial charge is 0.307 e. The summed E-state index contributed by atoms with van der Waals surface area (Å²) in [5.41, 5.74) is 0.866. The first kappa shape index (κ1) is 5.29. The second-order valence-corrected chi connectivity index (χ2v) is 2.07. The van der Waals surface area contributed by atoms with E-state index >= 15 is 0 Å². The summed E-state index contributed by atoms with van der Waals surface area (Å²) in [5.74, 6) is 0.660. The van der Waals surface area contributed by atoms with Gasteiger partial charge in [-0.05, 0) is 12.1 Å². The van der Waals surface area contributed by atoms with Crippen LogP contribution in [0.5, 0.6) is 0 Å². The van der Waals surface area contributed by atoms with Crippen LogP contribution in [-0.4, -0.2) is 4.98 Å². The number of pyridine rings is 1. The minimum Gasteiger partial charge on any atom is -0.307 e. The van der Waals surface area contributed by atoms with Crippen molar-refractivity contribution in [1.82, 2.24) is 10.3 Å². The number of nitrogens with zero attached hydrogens (tertiary/aromatic N) is 1. The van der Waals surface area contributed by atoms with Crippen molar-refractivity contribution in [3.63, 3.8) is 0 Å². The lowest BCUT2D eigenvalue weighted by atomic mass is 10.3. The summed E-state index contributed by atoms with van der Waals surface area (Å²) in [5, 5.41) is 3.92. The molecule has 1 aliphatic rings. The molecular formula is C7H5N2O. The number of aromatic nitrogens is 1. The molecule has 0 saturated heterocycles. The summed E-state index contributed by atoms with van der Waals surface area (Å²) >= 11 is 0. The quantitative estimate of drug-likeness (QED) is 0.553. The lowest BCUT2D eigenvalue weighted by molar-refractivity contribution is 1.09. The predicted octanol–water partition coefficient (Wildman–Crippen LogP) is 0.595. The number of nitrogens with one attached hydrogen (secondary N) is 1. The van der Waals surface area contributed by atoms with Gasteiger partial charge in [-0.2, -0.15) is 0 Å². The van der Waals surface area contributed by atoms with Gasteiger partial charge in [0.2, 0.25) is 5.56 Å². The molecule has 1 aliphatic heterocycles. The Morgan fingerprint density at radius 1 is 1.40 bits per heavy atom. The molecule has 0 bridgehead atoms. The average molecular weight is 133 g/mol. The number of aromatic amines is 1. The van der Waals surface area contributed by atoms with E-state index < -0.39 is 0 Å². The van der Waals surface area contributed by atoms with Crippen LogP contribution in [0.1, 0.15) is 5.56 Å². The molecule has 0 aromatic carbocycles. The Morgan fingerprint density at radius 2 is 2.30 bits per heavy atom. The number of hydrogen-bond donors (Lipinski definition) is 1. The van der Waals surface area contributed by atoms with Crippen molar-refractivity contribution in [2.75, 3.05) is 0 Å². The third-order valence-corrected chi connectivity index (χ3v) is 1.39. The summed E-state index contributed by atoms with van der Waals surface area (Å²) in [6.07, 6.45) is 3.52. The Morgan fingerprint density at radius 3 is 3.20 bits per heavy atom. The SMILES string of the molecule is O=c1ccc2c([nH]1)[N]C=C2. The van der Waals surface area contributed by atoms with Gasteiger partial charge in [0.05, 0.1) is 0 Å². The van der Waals surface area contributed by atoms with Crippen LogP contribution >= 0.6 is 0 Å². The van der Waals surface area contributed by atoms with Crippen LogP contribution in [0.2, 0.25) is 0 Å². The molecule has 2 heterocycles. The predicted molar refractivity (Wildman–Crippen MR) is 37.9 cm³/mol. The zero-order chi connectivity index (χ0) is 6.97. The van der Waals surface area contributed by atoms with E-state index in [-0.39, 0.29) is 5.56 Å². The maximum atomic E-state index is 10.7. The molecule has 1 radical (unpaired) electrons. The first-order valence-corrected chi connectivity index (χ1v) is 2.97. The Bertz CT molecular complexity index is 338. The fourth-order valence-electron chi connectivity index (χ4n) is 0.908. The molecule has 10 heavy (non-hydrogen) atoms. The second kappa shape index (κ2) is 1.73. The molecule has 3 nitrogen and oxygen atoms in total. The van der Waals surface area contributed by atoms with Gasteiger partial charge in [-0.3, -0.25) is 4.79 Å². The molecule has 3 heteroatoms. The molecule has 0 unspecified atom stereocenters. The fraction of sp³-hybridized carbons (Fsp3) is 0. The van der Waals surface area contributed by atoms with Gasteiger partial charge in [-0.15, -0.1) is 0 Å². The topological polar surface area (TPSA) is 47.0 Å². The summed E-state index contributed by atoms with van der Waals surface area (Å²) in [6, 6.07) is 3.24. The summed E-state index contributed by atoms with van der Waals surface area (Å²) in [6.45, 7) is 0. The number of fused-ring (bicyclic) bond motifs is 1. The zero-order valence-electron chi connectivity index (χ0n) is 5.16. The number of H-pyrrole nitrogens is 1. The van der Waals surface area contributed by atoms with E-state index in [2.05, 4.69) is 10.3 Å². The van der Waals surface area contributed by atoms with E-state index in [4.69, 9.17) is 0 Å². The van der Waals surface area contributed by atoms with Crippen LogP contribution in [0.15, 0.2) is 23.1 Å². The molecule has 0 spiro atoms. The van der Waals surface area contributed by atoms with Crippen molar-refractivity contribution in [2.45, 2.75) is 0 Å². The van der Waals surface area contributed by atoms with Crippen molar-refractivity contribution < 1.29 is 0 Å². The van der Waals surface area contributed by atoms with Crippen molar-refractivity contribution in [3.05, 3.63) is 34.2 Å². The summed E-state index contributed by atoms with van der Waals surface area (Å²) in [4.78, 5) is 13.3. The van der Waals surface area contributed by atoms with Crippen molar-refractivity contribution in [1.29, 1.82) is 0 Å². The molecule has 0 atom stereocenters. The second-order valence-electron chi connectivity index (χ2n) is 2.07. The highest BCUT2D eigenvalue weighted by molar-refractivity contribution is 5.65. The third kappa shape index (κ3) is 0.639. The molecule has 49 valence electrons. The van der Waals surface area contributed by atoms with E-state index in [1.807, 2.05) is 6.08 Å². The van der Waals surface area contributed by atoms with Gasteiger partial charge in [-0.25, -0.2) is 5.32 Å². The highest BCUT2D eigenvalue weighted by Crippen LogP contribution is 2.16. The van der Waals surface area contributed by atoms with Gasteiger partial charge in [0.1, 0.15) is 5.82 Å². The highest BCUT2D eigenvalue weighted by atomic mass is 16.1.